The Bertz CT molecular complexity index is 442. The molecule has 0 atom stereocenters. The molecule has 0 bridgehead atoms. The highest BCUT2D eigenvalue weighted by Crippen LogP contribution is 2.06. The Morgan fingerprint density at radius 2 is 1.88 bits per heavy atom. The van der Waals surface area contributed by atoms with Crippen LogP contribution in [0.3, 0.4) is 0 Å². The third-order valence-electron chi connectivity index (χ3n) is 2.33. The third-order valence-corrected chi connectivity index (χ3v) is 2.33. The van der Waals surface area contributed by atoms with E-state index >= 15 is 0 Å². The van der Waals surface area contributed by atoms with Crippen molar-refractivity contribution in [1.29, 1.82) is 0 Å². The topological polar surface area (TPSA) is 66.5 Å². The normalized spacial score (nSPS) is 15.9. The van der Waals surface area contributed by atoms with Crippen LogP contribution in [0.5, 0.6) is 0 Å². The Labute approximate surface area is 92.0 Å². The van der Waals surface area contributed by atoms with E-state index < -0.39 is 17.7 Å². The second-order valence-electron chi connectivity index (χ2n) is 3.38. The Hall–Kier alpha value is -2.17. The molecule has 1 N–H and O–H groups in total. The number of hydrogen-bond donors (Lipinski definition) is 1. The van der Waals surface area contributed by atoms with Gasteiger partial charge in [0.05, 0.1) is 0 Å². The molecule has 0 saturated carbocycles. The van der Waals surface area contributed by atoms with Crippen molar-refractivity contribution in [3.8, 4) is 0 Å². The standard InChI is InChI=1S/C11H10N2O3/c14-9-11(16)13(7-6-12-9)10(15)8-4-2-1-3-5-8/h1-5H,6-7H2,(H,12,14). The molecule has 1 aromatic rings. The van der Waals surface area contributed by atoms with E-state index in [1.807, 2.05) is 0 Å². The van der Waals surface area contributed by atoms with Crippen LogP contribution in [0.4, 0.5) is 0 Å². The molecule has 82 valence electrons. The highest BCUT2D eigenvalue weighted by molar-refractivity contribution is 6.38. The van der Waals surface area contributed by atoms with E-state index in [1.165, 1.54) is 0 Å². The molecule has 1 fully saturated rings. The Morgan fingerprint density at radius 1 is 1.19 bits per heavy atom. The molecule has 1 saturated heterocycles. The lowest BCUT2D eigenvalue weighted by Crippen LogP contribution is -2.54. The van der Waals surface area contributed by atoms with E-state index in [-0.39, 0.29) is 6.54 Å². The van der Waals surface area contributed by atoms with Gasteiger partial charge in [0.15, 0.2) is 0 Å². The van der Waals surface area contributed by atoms with Gasteiger partial charge in [-0.2, -0.15) is 0 Å². The van der Waals surface area contributed by atoms with Crippen molar-refractivity contribution >= 4 is 17.7 Å². The zero-order chi connectivity index (χ0) is 11.5. The summed E-state index contributed by atoms with van der Waals surface area (Å²) in [4.78, 5) is 35.4. The van der Waals surface area contributed by atoms with E-state index in [4.69, 9.17) is 0 Å². The van der Waals surface area contributed by atoms with E-state index in [0.717, 1.165) is 4.90 Å². The first kappa shape index (κ1) is 10.4. The smallest absolute Gasteiger partial charge is 0.318 e. The summed E-state index contributed by atoms with van der Waals surface area (Å²) in [5.74, 6) is -1.95. The third kappa shape index (κ3) is 1.79. The average molecular weight is 218 g/mol. The minimum atomic E-state index is -0.792. The number of imide groups is 1. The molecule has 0 unspecified atom stereocenters. The molecule has 0 aliphatic carbocycles. The van der Waals surface area contributed by atoms with E-state index in [2.05, 4.69) is 5.32 Å². The van der Waals surface area contributed by atoms with Gasteiger partial charge in [0, 0.05) is 18.7 Å². The van der Waals surface area contributed by atoms with Gasteiger partial charge in [-0.05, 0) is 12.1 Å². The second-order valence-corrected chi connectivity index (χ2v) is 3.38. The summed E-state index contributed by atoms with van der Waals surface area (Å²) >= 11 is 0. The number of nitrogens with one attached hydrogen (secondary N) is 1. The van der Waals surface area contributed by atoms with Crippen molar-refractivity contribution in [3.05, 3.63) is 35.9 Å². The van der Waals surface area contributed by atoms with Gasteiger partial charge in [0.2, 0.25) is 0 Å². The molecule has 2 rings (SSSR count). The lowest BCUT2D eigenvalue weighted by Gasteiger charge is -2.24. The van der Waals surface area contributed by atoms with Gasteiger partial charge in [-0.3, -0.25) is 19.3 Å². The minimum Gasteiger partial charge on any atom is -0.346 e. The largest absolute Gasteiger partial charge is 0.346 e. The van der Waals surface area contributed by atoms with E-state index in [9.17, 15) is 14.4 Å². The maximum absolute atomic E-state index is 11.9. The van der Waals surface area contributed by atoms with Gasteiger partial charge in [0.1, 0.15) is 0 Å². The fourth-order valence-electron chi connectivity index (χ4n) is 1.51. The Morgan fingerprint density at radius 3 is 2.56 bits per heavy atom. The Kier molecular flexibility index (Phi) is 2.68. The van der Waals surface area contributed by atoms with Crippen LogP contribution in [0.1, 0.15) is 10.4 Å². The highest BCUT2D eigenvalue weighted by Gasteiger charge is 2.31. The second kappa shape index (κ2) is 4.14. The fourth-order valence-corrected chi connectivity index (χ4v) is 1.51. The van der Waals surface area contributed by atoms with Gasteiger partial charge >= 0.3 is 11.8 Å². The van der Waals surface area contributed by atoms with Gasteiger partial charge < -0.3 is 5.32 Å². The summed E-state index contributed by atoms with van der Waals surface area (Å²) < 4.78 is 0. The fraction of sp³-hybridized carbons (Fsp3) is 0.182. The monoisotopic (exact) mass is 218 g/mol. The van der Waals surface area contributed by atoms with Crippen LogP contribution in [0, 0.1) is 0 Å². The summed E-state index contributed by atoms with van der Waals surface area (Å²) in [6.45, 7) is 0.529. The summed E-state index contributed by atoms with van der Waals surface area (Å²) in [6, 6.07) is 8.43. The molecule has 5 nitrogen and oxygen atoms in total. The van der Waals surface area contributed by atoms with Crippen molar-refractivity contribution in [1.82, 2.24) is 10.2 Å². The van der Waals surface area contributed by atoms with Crippen LogP contribution in [0.2, 0.25) is 0 Å². The van der Waals surface area contributed by atoms with Crippen LogP contribution in [-0.4, -0.2) is 35.7 Å². The maximum Gasteiger partial charge on any atom is 0.318 e. The van der Waals surface area contributed by atoms with Gasteiger partial charge in [-0.1, -0.05) is 18.2 Å². The van der Waals surface area contributed by atoms with E-state index in [1.54, 1.807) is 30.3 Å². The van der Waals surface area contributed by atoms with E-state index in [0.29, 0.717) is 12.1 Å². The highest BCUT2D eigenvalue weighted by atomic mass is 16.2. The molecule has 1 aliphatic rings. The number of piperazine rings is 1. The van der Waals surface area contributed by atoms with Crippen LogP contribution < -0.4 is 5.32 Å². The van der Waals surface area contributed by atoms with Crippen molar-refractivity contribution in [2.45, 2.75) is 0 Å². The quantitative estimate of drug-likeness (QED) is 0.523. The summed E-state index contributed by atoms with van der Waals surface area (Å²) in [5.41, 5.74) is 0.408. The number of rotatable bonds is 1. The number of hydrogen-bond acceptors (Lipinski definition) is 3. The van der Waals surface area contributed by atoms with Gasteiger partial charge in [-0.15, -0.1) is 0 Å². The minimum absolute atomic E-state index is 0.221. The number of benzene rings is 1. The average Bonchev–Trinajstić information content (AvgIpc) is 2.33. The molecular formula is C11H10N2O3. The van der Waals surface area contributed by atoms with Crippen LogP contribution in [0.25, 0.3) is 0 Å². The molecule has 1 aliphatic heterocycles. The van der Waals surface area contributed by atoms with Crippen molar-refractivity contribution in [2.24, 2.45) is 0 Å². The molecule has 0 aromatic heterocycles. The first-order valence-corrected chi connectivity index (χ1v) is 4.89. The number of carbonyl (C=O) groups is 3. The first-order valence-electron chi connectivity index (χ1n) is 4.89. The molecule has 0 radical (unpaired) electrons. The lowest BCUT2D eigenvalue weighted by molar-refractivity contribution is -0.146. The van der Waals surface area contributed by atoms with Gasteiger partial charge in [-0.25, -0.2) is 0 Å². The number of nitrogens with zero attached hydrogens (tertiary/aromatic N) is 1. The molecule has 3 amide bonds. The summed E-state index contributed by atoms with van der Waals surface area (Å²) in [5, 5.41) is 2.39. The zero-order valence-electron chi connectivity index (χ0n) is 8.47. The Balaban J connectivity index is 2.22. The lowest BCUT2D eigenvalue weighted by atomic mass is 10.2. The molecule has 16 heavy (non-hydrogen) atoms. The molecule has 1 heterocycles. The van der Waals surface area contributed by atoms with Crippen LogP contribution in [0.15, 0.2) is 30.3 Å². The first-order chi connectivity index (χ1) is 7.70. The zero-order valence-corrected chi connectivity index (χ0v) is 8.47. The number of amides is 3. The molecular weight excluding hydrogens is 208 g/mol. The number of carbonyl (C=O) groups excluding carboxylic acids is 3. The van der Waals surface area contributed by atoms with Crippen molar-refractivity contribution in [3.63, 3.8) is 0 Å². The summed E-state index contributed by atoms with van der Waals surface area (Å²) in [6.07, 6.45) is 0. The molecule has 5 heteroatoms. The van der Waals surface area contributed by atoms with Crippen molar-refractivity contribution < 1.29 is 14.4 Å². The molecule has 1 aromatic carbocycles. The van der Waals surface area contributed by atoms with Crippen LogP contribution >= 0.6 is 0 Å². The maximum atomic E-state index is 11.9. The summed E-state index contributed by atoms with van der Waals surface area (Å²) in [7, 11) is 0. The predicted molar refractivity (Wildman–Crippen MR) is 55.5 cm³/mol. The predicted octanol–water partition coefficient (Wildman–Crippen LogP) is -0.215. The molecule has 0 spiro atoms. The van der Waals surface area contributed by atoms with Crippen molar-refractivity contribution in [2.75, 3.05) is 13.1 Å². The van der Waals surface area contributed by atoms with Gasteiger partial charge in [0.25, 0.3) is 5.91 Å². The van der Waals surface area contributed by atoms with Crippen LogP contribution in [-0.2, 0) is 9.59 Å². The SMILES string of the molecule is O=C1NCCN(C(=O)c2ccccc2)C1=O.